The van der Waals surface area contributed by atoms with E-state index in [1.807, 2.05) is 0 Å². The number of nitrogens with two attached hydrogens (primary N) is 1. The molecule has 4 nitrogen and oxygen atoms in total. The fraction of sp³-hybridized carbons (Fsp3) is 0.500. The van der Waals surface area contributed by atoms with Crippen molar-refractivity contribution in [1.29, 1.82) is 0 Å². The molecule has 0 bridgehead atoms. The molecule has 1 aliphatic heterocycles. The van der Waals surface area contributed by atoms with Gasteiger partial charge in [-0.05, 0) is 18.6 Å². The lowest BCUT2D eigenvalue weighted by atomic mass is 10.2. The Hall–Kier alpha value is -0.940. The molecule has 1 heterocycles. The lowest BCUT2D eigenvalue weighted by molar-refractivity contribution is -0.128. The van der Waals surface area contributed by atoms with E-state index in [-0.39, 0.29) is 11.1 Å². The number of carbonyl (C=O) groups excluding carboxylic acids is 1. The normalized spacial score (nSPS) is 18.2. The molecule has 13 heavy (non-hydrogen) atoms. The predicted molar refractivity (Wildman–Crippen MR) is 53.1 cm³/mol. The van der Waals surface area contributed by atoms with E-state index in [0.717, 1.165) is 0 Å². The molecule has 1 rings (SSSR count). The number of rotatable bonds is 3. The van der Waals surface area contributed by atoms with Crippen molar-refractivity contribution in [2.75, 3.05) is 13.2 Å². The molecule has 0 aliphatic carbocycles. The summed E-state index contributed by atoms with van der Waals surface area (Å²) in [6.07, 6.45) is 2.07. The van der Waals surface area contributed by atoms with Crippen LogP contribution in [-0.4, -0.2) is 35.2 Å². The minimum atomic E-state index is -0.558. The second kappa shape index (κ2) is 4.34. The van der Waals surface area contributed by atoms with Crippen LogP contribution in [0.25, 0.3) is 0 Å². The van der Waals surface area contributed by atoms with Gasteiger partial charge < -0.3 is 10.5 Å². The first-order chi connectivity index (χ1) is 6.16. The summed E-state index contributed by atoms with van der Waals surface area (Å²) in [4.78, 5) is 12.9. The van der Waals surface area contributed by atoms with Crippen LogP contribution in [0.4, 0.5) is 0 Å². The van der Waals surface area contributed by atoms with Crippen molar-refractivity contribution in [3.63, 3.8) is 0 Å². The maximum atomic E-state index is 11.5. The van der Waals surface area contributed by atoms with E-state index in [9.17, 15) is 4.79 Å². The molecule has 5 heteroatoms. The Balaban J connectivity index is 2.55. The molecule has 0 radical (unpaired) electrons. The number of hydrogen-bond donors (Lipinski definition) is 1. The van der Waals surface area contributed by atoms with Crippen molar-refractivity contribution in [3.05, 3.63) is 12.7 Å². The second-order valence-electron chi connectivity index (χ2n) is 2.74. The Morgan fingerprint density at radius 3 is 3.08 bits per heavy atom. The Kier molecular flexibility index (Phi) is 3.39. The second-order valence-corrected chi connectivity index (χ2v) is 3.08. The molecule has 1 fully saturated rings. The van der Waals surface area contributed by atoms with Crippen molar-refractivity contribution in [2.24, 2.45) is 5.73 Å². The molecule has 1 aliphatic rings. The van der Waals surface area contributed by atoms with Gasteiger partial charge in [-0.2, -0.15) is 0 Å². The van der Waals surface area contributed by atoms with Gasteiger partial charge in [0.2, 0.25) is 5.91 Å². The van der Waals surface area contributed by atoms with Crippen LogP contribution >= 0.6 is 12.2 Å². The summed E-state index contributed by atoms with van der Waals surface area (Å²) in [7, 11) is 0. The fourth-order valence-corrected chi connectivity index (χ4v) is 1.34. The third-order valence-electron chi connectivity index (χ3n) is 1.76. The van der Waals surface area contributed by atoms with Crippen LogP contribution in [0.5, 0.6) is 0 Å². The number of ether oxygens (including phenoxy) is 1. The number of hydrogen-bond acceptors (Lipinski definition) is 4. The van der Waals surface area contributed by atoms with Crippen LogP contribution in [0.2, 0.25) is 0 Å². The van der Waals surface area contributed by atoms with Crippen LogP contribution in [0.15, 0.2) is 12.7 Å². The maximum absolute atomic E-state index is 11.5. The Labute approximate surface area is 82.3 Å². The van der Waals surface area contributed by atoms with Gasteiger partial charge in [0.1, 0.15) is 6.61 Å². The highest BCUT2D eigenvalue weighted by molar-refractivity contribution is 7.80. The van der Waals surface area contributed by atoms with Crippen LogP contribution in [0.1, 0.15) is 6.42 Å². The maximum Gasteiger partial charge on any atom is 0.266 e. The number of nitrogens with zero attached hydrogens (tertiary/aromatic N) is 1. The van der Waals surface area contributed by atoms with Crippen molar-refractivity contribution >= 4 is 23.3 Å². The Bertz CT molecular complexity index is 242. The highest BCUT2D eigenvalue weighted by Gasteiger charge is 2.28. The van der Waals surface area contributed by atoms with E-state index in [0.29, 0.717) is 19.6 Å². The molecule has 0 aromatic rings. The summed E-state index contributed by atoms with van der Waals surface area (Å²) >= 11 is 4.82. The monoisotopic (exact) mass is 200 g/mol. The first kappa shape index (κ1) is 10.1. The van der Waals surface area contributed by atoms with Crippen molar-refractivity contribution in [2.45, 2.75) is 12.5 Å². The average molecular weight is 200 g/mol. The zero-order chi connectivity index (χ0) is 9.84. The first-order valence-corrected chi connectivity index (χ1v) is 4.42. The van der Waals surface area contributed by atoms with E-state index < -0.39 is 6.04 Å². The van der Waals surface area contributed by atoms with Gasteiger partial charge in [0.05, 0.1) is 12.6 Å². The summed E-state index contributed by atoms with van der Waals surface area (Å²) in [6, 6.07) is -0.558. The zero-order valence-electron chi connectivity index (χ0n) is 7.23. The average Bonchev–Trinajstić information content (AvgIpc) is 2.50. The molecule has 0 aromatic heterocycles. The number of amides is 1. The molecule has 0 saturated carbocycles. The van der Waals surface area contributed by atoms with Gasteiger partial charge in [-0.3, -0.25) is 9.69 Å². The highest BCUT2D eigenvalue weighted by atomic mass is 32.1. The van der Waals surface area contributed by atoms with Crippen LogP contribution in [0, 0.1) is 0 Å². The van der Waals surface area contributed by atoms with Crippen LogP contribution in [-0.2, 0) is 9.53 Å². The lowest BCUT2D eigenvalue weighted by Crippen LogP contribution is -2.43. The number of carbonyl (C=O) groups is 1. The van der Waals surface area contributed by atoms with Crippen molar-refractivity contribution < 1.29 is 9.53 Å². The van der Waals surface area contributed by atoms with Gasteiger partial charge in [-0.25, -0.2) is 0 Å². The standard InChI is InChI=1S/C8H12N2O2S/c1-2-3-6(9)7(11)10-4-5-12-8(10)13/h2,6H,1,3-5,9H2/t6-/m1/s1. The third kappa shape index (κ3) is 2.26. The smallest absolute Gasteiger partial charge is 0.266 e. The van der Waals surface area contributed by atoms with E-state index in [4.69, 9.17) is 22.7 Å². The SMILES string of the molecule is C=CC[C@@H](N)C(=O)N1CCOC1=S. The molecule has 0 aromatic carbocycles. The quantitative estimate of drug-likeness (QED) is 0.516. The summed E-state index contributed by atoms with van der Waals surface area (Å²) in [5.41, 5.74) is 5.59. The largest absolute Gasteiger partial charge is 0.469 e. The van der Waals surface area contributed by atoms with E-state index >= 15 is 0 Å². The molecule has 0 unspecified atom stereocenters. The summed E-state index contributed by atoms with van der Waals surface area (Å²) in [6.45, 7) is 4.48. The molecule has 1 amide bonds. The van der Waals surface area contributed by atoms with Gasteiger partial charge in [0.15, 0.2) is 0 Å². The summed E-state index contributed by atoms with van der Waals surface area (Å²) < 4.78 is 4.97. The summed E-state index contributed by atoms with van der Waals surface area (Å²) in [5.74, 6) is -0.192. The minimum absolute atomic E-state index is 0.192. The first-order valence-electron chi connectivity index (χ1n) is 4.01. The minimum Gasteiger partial charge on any atom is -0.469 e. The molecule has 72 valence electrons. The lowest BCUT2D eigenvalue weighted by Gasteiger charge is -2.16. The van der Waals surface area contributed by atoms with Gasteiger partial charge in [-0.15, -0.1) is 6.58 Å². The molecule has 0 spiro atoms. The van der Waals surface area contributed by atoms with Crippen LogP contribution in [0.3, 0.4) is 0 Å². The third-order valence-corrected chi connectivity index (χ3v) is 2.10. The van der Waals surface area contributed by atoms with E-state index in [1.54, 1.807) is 6.08 Å². The van der Waals surface area contributed by atoms with Crippen molar-refractivity contribution in [3.8, 4) is 0 Å². The molecule has 2 N–H and O–H groups in total. The fourth-order valence-electron chi connectivity index (χ4n) is 1.07. The number of thiocarbonyl (C=S) groups is 1. The van der Waals surface area contributed by atoms with Gasteiger partial charge >= 0.3 is 0 Å². The Morgan fingerprint density at radius 1 is 1.92 bits per heavy atom. The molecular weight excluding hydrogens is 188 g/mol. The van der Waals surface area contributed by atoms with Gasteiger partial charge in [0.25, 0.3) is 5.17 Å². The predicted octanol–water partition coefficient (Wildman–Crippen LogP) is 0.0335. The molecular formula is C8H12N2O2S. The van der Waals surface area contributed by atoms with Crippen molar-refractivity contribution in [1.82, 2.24) is 4.90 Å². The topological polar surface area (TPSA) is 55.6 Å². The van der Waals surface area contributed by atoms with Gasteiger partial charge in [-0.1, -0.05) is 6.08 Å². The Morgan fingerprint density at radius 2 is 2.62 bits per heavy atom. The molecule has 1 atom stereocenters. The van der Waals surface area contributed by atoms with Crippen LogP contribution < -0.4 is 5.73 Å². The van der Waals surface area contributed by atoms with E-state index in [1.165, 1.54) is 4.90 Å². The van der Waals surface area contributed by atoms with E-state index in [2.05, 4.69) is 6.58 Å². The van der Waals surface area contributed by atoms with Gasteiger partial charge in [0, 0.05) is 0 Å². The molecule has 1 saturated heterocycles. The highest BCUT2D eigenvalue weighted by Crippen LogP contribution is 2.06. The zero-order valence-corrected chi connectivity index (χ0v) is 8.05. The summed E-state index contributed by atoms with van der Waals surface area (Å²) in [5, 5.41) is 0.226.